The van der Waals surface area contributed by atoms with Gasteiger partial charge >= 0.3 is 5.97 Å². The summed E-state index contributed by atoms with van der Waals surface area (Å²) in [5.41, 5.74) is 7.96. The molecule has 0 bridgehead atoms. The van der Waals surface area contributed by atoms with Gasteiger partial charge in [-0.3, -0.25) is 0 Å². The molecule has 0 aliphatic carbocycles. The minimum atomic E-state index is -3.98. The molecule has 214 valence electrons. The zero-order valence-corrected chi connectivity index (χ0v) is 25.1. The standard InChI is InChI=1S/C34H37NO5S/c1-23-14-24(2)17-29(16-23)21-35(41(38,39)32-11-6-27(5)33(20-32)34(36)37)13-12-28-7-9-31(10-8-28)40-22-30-18-25(3)15-26(4)19-30/h6-11,14-20H,12-13,21-22H2,1-5H3,(H,36,37). The van der Waals surface area contributed by atoms with Crippen LogP contribution in [0.25, 0.3) is 0 Å². The zero-order chi connectivity index (χ0) is 29.7. The van der Waals surface area contributed by atoms with E-state index in [4.69, 9.17) is 4.74 Å². The van der Waals surface area contributed by atoms with Crippen LogP contribution in [0.1, 0.15) is 54.9 Å². The number of nitrogens with zero attached hydrogens (tertiary/aromatic N) is 1. The Morgan fingerprint density at radius 2 is 1.29 bits per heavy atom. The molecule has 0 atom stereocenters. The van der Waals surface area contributed by atoms with Gasteiger partial charge in [-0.1, -0.05) is 76.9 Å². The number of benzene rings is 4. The molecule has 4 rings (SSSR count). The molecule has 0 aromatic heterocycles. The fourth-order valence-electron chi connectivity index (χ4n) is 5.11. The van der Waals surface area contributed by atoms with Gasteiger partial charge in [-0.2, -0.15) is 4.31 Å². The molecule has 0 spiro atoms. The number of ether oxygens (including phenoxy) is 1. The summed E-state index contributed by atoms with van der Waals surface area (Å²) in [6.45, 7) is 10.6. The summed E-state index contributed by atoms with van der Waals surface area (Å²) in [5.74, 6) is -0.409. The second-order valence-electron chi connectivity index (χ2n) is 10.8. The van der Waals surface area contributed by atoms with Gasteiger partial charge in [0.2, 0.25) is 10.0 Å². The van der Waals surface area contributed by atoms with Crippen LogP contribution in [-0.4, -0.2) is 30.3 Å². The lowest BCUT2D eigenvalue weighted by atomic mass is 10.1. The second-order valence-corrected chi connectivity index (χ2v) is 12.7. The largest absolute Gasteiger partial charge is 0.489 e. The maximum absolute atomic E-state index is 13.8. The molecule has 41 heavy (non-hydrogen) atoms. The summed E-state index contributed by atoms with van der Waals surface area (Å²) in [6.07, 6.45) is 0.485. The number of rotatable bonds is 11. The predicted octanol–water partition coefficient (Wildman–Crippen LogP) is 6.94. The van der Waals surface area contributed by atoms with Gasteiger partial charge in [-0.05, 0) is 87.6 Å². The number of aromatic carboxylic acids is 1. The number of carboxylic acids is 1. The number of aryl methyl sites for hydroxylation is 5. The first kappa shape index (κ1) is 30.0. The van der Waals surface area contributed by atoms with E-state index in [9.17, 15) is 18.3 Å². The molecular weight excluding hydrogens is 534 g/mol. The third-order valence-corrected chi connectivity index (χ3v) is 8.82. The van der Waals surface area contributed by atoms with Crippen LogP contribution in [0, 0.1) is 34.6 Å². The lowest BCUT2D eigenvalue weighted by Gasteiger charge is -2.23. The van der Waals surface area contributed by atoms with Crippen LogP contribution in [0.2, 0.25) is 0 Å². The van der Waals surface area contributed by atoms with Crippen molar-refractivity contribution in [3.8, 4) is 5.75 Å². The third kappa shape index (κ3) is 7.84. The Morgan fingerprint density at radius 3 is 1.85 bits per heavy atom. The van der Waals surface area contributed by atoms with Crippen LogP contribution in [0.4, 0.5) is 0 Å². The van der Waals surface area contributed by atoms with Crippen LogP contribution in [-0.2, 0) is 29.6 Å². The van der Waals surface area contributed by atoms with Gasteiger partial charge in [0.1, 0.15) is 12.4 Å². The van der Waals surface area contributed by atoms with Crippen LogP contribution < -0.4 is 4.74 Å². The summed E-state index contributed by atoms with van der Waals surface area (Å²) >= 11 is 0. The Morgan fingerprint density at radius 1 is 0.732 bits per heavy atom. The quantitative estimate of drug-likeness (QED) is 0.211. The van der Waals surface area contributed by atoms with E-state index in [1.165, 1.54) is 27.6 Å². The molecule has 0 fully saturated rings. The van der Waals surface area contributed by atoms with Crippen molar-refractivity contribution in [2.45, 2.75) is 59.1 Å². The first-order chi connectivity index (χ1) is 19.4. The molecule has 0 heterocycles. The maximum atomic E-state index is 13.8. The molecule has 0 aliphatic rings. The highest BCUT2D eigenvalue weighted by Crippen LogP contribution is 2.24. The van der Waals surface area contributed by atoms with Crippen molar-refractivity contribution in [3.63, 3.8) is 0 Å². The number of carboxylic acid groups (broad SMARTS) is 1. The first-order valence-electron chi connectivity index (χ1n) is 13.6. The van der Waals surface area contributed by atoms with Crippen molar-refractivity contribution in [3.05, 3.63) is 129 Å². The summed E-state index contributed by atoms with van der Waals surface area (Å²) in [7, 11) is -3.98. The molecule has 1 N–H and O–H groups in total. The van der Waals surface area contributed by atoms with Gasteiger partial charge in [-0.15, -0.1) is 0 Å². The molecule has 0 saturated carbocycles. The molecule has 0 radical (unpaired) electrons. The van der Waals surface area contributed by atoms with Crippen molar-refractivity contribution in [2.75, 3.05) is 6.54 Å². The molecule has 0 saturated heterocycles. The molecule has 6 nitrogen and oxygen atoms in total. The SMILES string of the molecule is Cc1cc(C)cc(COc2ccc(CCN(Cc3cc(C)cc(C)c3)S(=O)(=O)c3ccc(C)c(C(=O)O)c3)cc2)c1. The fourth-order valence-corrected chi connectivity index (χ4v) is 6.57. The molecule has 0 aliphatic heterocycles. The van der Waals surface area contributed by atoms with Gasteiger partial charge in [-0.25, -0.2) is 13.2 Å². The molecule has 4 aromatic rings. The highest BCUT2D eigenvalue weighted by molar-refractivity contribution is 7.89. The molecular formula is C34H37NO5S. The summed E-state index contributed by atoms with van der Waals surface area (Å²) in [5, 5.41) is 9.57. The minimum absolute atomic E-state index is 0.0196. The van der Waals surface area contributed by atoms with E-state index in [1.807, 2.05) is 56.3 Å². The third-order valence-electron chi connectivity index (χ3n) is 6.98. The number of carbonyl (C=O) groups is 1. The first-order valence-corrected chi connectivity index (χ1v) is 15.0. The average Bonchev–Trinajstić information content (AvgIpc) is 2.89. The zero-order valence-electron chi connectivity index (χ0n) is 24.3. The lowest BCUT2D eigenvalue weighted by molar-refractivity contribution is 0.0696. The Labute approximate surface area is 243 Å². The average molecular weight is 572 g/mol. The van der Waals surface area contributed by atoms with Crippen molar-refractivity contribution >= 4 is 16.0 Å². The smallest absolute Gasteiger partial charge is 0.335 e. The van der Waals surface area contributed by atoms with Gasteiger partial charge in [0.15, 0.2) is 0 Å². The summed E-state index contributed by atoms with van der Waals surface area (Å²) < 4.78 is 35.1. The van der Waals surface area contributed by atoms with Gasteiger partial charge < -0.3 is 9.84 Å². The van der Waals surface area contributed by atoms with Gasteiger partial charge in [0.25, 0.3) is 0 Å². The monoisotopic (exact) mass is 571 g/mol. The molecule has 7 heteroatoms. The van der Waals surface area contributed by atoms with Gasteiger partial charge in [0.05, 0.1) is 10.5 Å². The van der Waals surface area contributed by atoms with E-state index in [-0.39, 0.29) is 23.5 Å². The van der Waals surface area contributed by atoms with E-state index in [0.717, 1.165) is 33.6 Å². The molecule has 0 amide bonds. The Kier molecular flexibility index (Phi) is 9.31. The predicted molar refractivity (Wildman–Crippen MR) is 162 cm³/mol. The minimum Gasteiger partial charge on any atom is -0.489 e. The summed E-state index contributed by atoms with van der Waals surface area (Å²) in [6, 6.07) is 24.3. The van der Waals surface area contributed by atoms with E-state index < -0.39 is 16.0 Å². The molecule has 4 aromatic carbocycles. The Bertz CT molecular complexity index is 1620. The fraction of sp³-hybridized carbons (Fsp3) is 0.265. The van der Waals surface area contributed by atoms with E-state index in [2.05, 4.69) is 32.0 Å². The van der Waals surface area contributed by atoms with Crippen LogP contribution in [0.5, 0.6) is 5.75 Å². The number of hydrogen-bond acceptors (Lipinski definition) is 4. The topological polar surface area (TPSA) is 83.9 Å². The van der Waals surface area contributed by atoms with E-state index in [1.54, 1.807) is 13.0 Å². The highest BCUT2D eigenvalue weighted by Gasteiger charge is 2.26. The Balaban J connectivity index is 1.53. The van der Waals surface area contributed by atoms with Crippen LogP contribution in [0.15, 0.2) is 83.8 Å². The lowest BCUT2D eigenvalue weighted by Crippen LogP contribution is -2.33. The van der Waals surface area contributed by atoms with Crippen molar-refractivity contribution in [2.24, 2.45) is 0 Å². The maximum Gasteiger partial charge on any atom is 0.335 e. The van der Waals surface area contributed by atoms with Crippen molar-refractivity contribution < 1.29 is 23.1 Å². The summed E-state index contributed by atoms with van der Waals surface area (Å²) in [4.78, 5) is 11.7. The molecule has 0 unspecified atom stereocenters. The highest BCUT2D eigenvalue weighted by atomic mass is 32.2. The van der Waals surface area contributed by atoms with Crippen molar-refractivity contribution in [1.82, 2.24) is 4.31 Å². The van der Waals surface area contributed by atoms with Gasteiger partial charge in [0, 0.05) is 13.1 Å². The second kappa shape index (κ2) is 12.7. The normalized spacial score (nSPS) is 11.6. The number of hydrogen-bond donors (Lipinski definition) is 1. The Hall–Kier alpha value is -3.94. The van der Waals surface area contributed by atoms with Crippen LogP contribution >= 0.6 is 0 Å². The van der Waals surface area contributed by atoms with E-state index in [0.29, 0.717) is 18.6 Å². The van der Waals surface area contributed by atoms with E-state index >= 15 is 0 Å². The van der Waals surface area contributed by atoms with Crippen LogP contribution in [0.3, 0.4) is 0 Å². The number of sulfonamides is 1. The van der Waals surface area contributed by atoms with Crippen molar-refractivity contribution in [1.29, 1.82) is 0 Å².